The van der Waals surface area contributed by atoms with E-state index in [1.165, 1.54) is 0 Å². The van der Waals surface area contributed by atoms with Gasteiger partial charge in [-0.1, -0.05) is 48.0 Å². The molecule has 128 valence electrons. The number of halogens is 1. The van der Waals surface area contributed by atoms with Crippen LogP contribution in [0, 0.1) is 6.92 Å². The zero-order chi connectivity index (χ0) is 17.5. The first-order valence-corrected chi connectivity index (χ1v) is 8.22. The topological polar surface area (TPSA) is 41.6 Å². The minimum Gasteiger partial charge on any atom is -0.482 e. The Morgan fingerprint density at radius 3 is 2.58 bits per heavy atom. The quantitative estimate of drug-likeness (QED) is 0.835. The van der Waals surface area contributed by atoms with Gasteiger partial charge in [-0.05, 0) is 44.3 Å². The van der Waals surface area contributed by atoms with Gasteiger partial charge in [-0.3, -0.25) is 4.79 Å². The molecule has 1 amide bonds. The van der Waals surface area contributed by atoms with Crippen LogP contribution in [0.3, 0.4) is 0 Å². The standard InChI is InChI=1S/C19H23ClN2O2/c1-14-9-10-16(20)18(11-14)24-13-19(23)21-12-17(22(2)3)15-7-5-4-6-8-15/h4-11,17H,12-13H2,1-3H3,(H,21,23)/t17-/m0/s1. The molecule has 0 aromatic heterocycles. The molecule has 0 saturated carbocycles. The maximum absolute atomic E-state index is 12.1. The van der Waals surface area contributed by atoms with Crippen LogP contribution in [0.15, 0.2) is 48.5 Å². The minimum absolute atomic E-state index is 0.0574. The molecule has 0 spiro atoms. The Morgan fingerprint density at radius 1 is 1.21 bits per heavy atom. The highest BCUT2D eigenvalue weighted by Gasteiger charge is 2.15. The maximum atomic E-state index is 12.1. The van der Waals surface area contributed by atoms with E-state index in [1.807, 2.05) is 51.4 Å². The summed E-state index contributed by atoms with van der Waals surface area (Å²) in [6.45, 7) is 2.41. The predicted octanol–water partition coefficient (Wildman–Crippen LogP) is 3.45. The molecule has 0 heterocycles. The van der Waals surface area contributed by atoms with Crippen molar-refractivity contribution in [1.29, 1.82) is 0 Å². The number of benzene rings is 2. The molecule has 0 radical (unpaired) electrons. The second-order valence-electron chi connectivity index (χ2n) is 5.92. The van der Waals surface area contributed by atoms with Gasteiger partial charge in [-0.2, -0.15) is 0 Å². The average molecular weight is 347 g/mol. The van der Waals surface area contributed by atoms with Crippen molar-refractivity contribution >= 4 is 17.5 Å². The van der Waals surface area contributed by atoms with E-state index in [4.69, 9.17) is 16.3 Å². The Labute approximate surface area is 148 Å². The molecule has 0 aliphatic carbocycles. The van der Waals surface area contributed by atoms with E-state index in [9.17, 15) is 4.79 Å². The zero-order valence-corrected chi connectivity index (χ0v) is 15.0. The largest absolute Gasteiger partial charge is 0.482 e. The SMILES string of the molecule is Cc1ccc(Cl)c(OCC(=O)NC[C@@H](c2ccccc2)N(C)C)c1. The molecule has 0 aliphatic heterocycles. The summed E-state index contributed by atoms with van der Waals surface area (Å²) in [6.07, 6.45) is 0. The van der Waals surface area contributed by atoms with Gasteiger partial charge >= 0.3 is 0 Å². The first-order valence-electron chi connectivity index (χ1n) is 7.84. The van der Waals surface area contributed by atoms with Gasteiger partial charge in [0, 0.05) is 6.54 Å². The molecule has 1 atom stereocenters. The fourth-order valence-electron chi connectivity index (χ4n) is 2.40. The number of hydrogen-bond acceptors (Lipinski definition) is 3. The second-order valence-corrected chi connectivity index (χ2v) is 6.32. The molecular weight excluding hydrogens is 324 g/mol. The van der Waals surface area contributed by atoms with Crippen LogP contribution in [0.4, 0.5) is 0 Å². The summed E-state index contributed by atoms with van der Waals surface area (Å²) < 4.78 is 5.52. The molecule has 4 nitrogen and oxygen atoms in total. The molecule has 0 bridgehead atoms. The lowest BCUT2D eigenvalue weighted by molar-refractivity contribution is -0.123. The normalized spacial score (nSPS) is 12.0. The van der Waals surface area contributed by atoms with Crippen LogP contribution in [-0.4, -0.2) is 38.1 Å². The average Bonchev–Trinajstić information content (AvgIpc) is 2.56. The fraction of sp³-hybridized carbons (Fsp3) is 0.316. The summed E-state index contributed by atoms with van der Waals surface area (Å²) in [5.41, 5.74) is 2.19. The Hall–Kier alpha value is -2.04. The van der Waals surface area contributed by atoms with E-state index < -0.39 is 0 Å². The predicted molar refractivity (Wildman–Crippen MR) is 97.6 cm³/mol. The summed E-state index contributed by atoms with van der Waals surface area (Å²) in [7, 11) is 3.99. The Balaban J connectivity index is 1.88. The van der Waals surface area contributed by atoms with Crippen LogP contribution in [0.1, 0.15) is 17.2 Å². The van der Waals surface area contributed by atoms with E-state index in [1.54, 1.807) is 6.07 Å². The van der Waals surface area contributed by atoms with Crippen molar-refractivity contribution in [3.05, 3.63) is 64.7 Å². The number of amides is 1. The van der Waals surface area contributed by atoms with Crippen molar-refractivity contribution in [3.8, 4) is 5.75 Å². The van der Waals surface area contributed by atoms with E-state index in [0.29, 0.717) is 17.3 Å². The Morgan fingerprint density at radius 2 is 1.92 bits per heavy atom. The van der Waals surface area contributed by atoms with Crippen molar-refractivity contribution in [2.45, 2.75) is 13.0 Å². The summed E-state index contributed by atoms with van der Waals surface area (Å²) in [5.74, 6) is 0.356. The number of rotatable bonds is 7. The van der Waals surface area contributed by atoms with E-state index in [0.717, 1.165) is 11.1 Å². The van der Waals surface area contributed by atoms with Gasteiger partial charge in [0.1, 0.15) is 5.75 Å². The molecule has 24 heavy (non-hydrogen) atoms. The molecule has 0 fully saturated rings. The summed E-state index contributed by atoms with van der Waals surface area (Å²) in [6, 6.07) is 15.7. The highest BCUT2D eigenvalue weighted by molar-refractivity contribution is 6.32. The van der Waals surface area contributed by atoms with E-state index in [-0.39, 0.29) is 18.6 Å². The highest BCUT2D eigenvalue weighted by Crippen LogP contribution is 2.25. The molecular formula is C19H23ClN2O2. The summed E-state index contributed by atoms with van der Waals surface area (Å²) in [4.78, 5) is 14.2. The van der Waals surface area contributed by atoms with Crippen LogP contribution >= 0.6 is 11.6 Å². The smallest absolute Gasteiger partial charge is 0.258 e. The van der Waals surface area contributed by atoms with Gasteiger partial charge in [-0.15, -0.1) is 0 Å². The van der Waals surface area contributed by atoms with Gasteiger partial charge in [0.25, 0.3) is 5.91 Å². The first kappa shape index (κ1) is 18.3. The summed E-state index contributed by atoms with van der Waals surface area (Å²) in [5, 5.41) is 3.42. The molecule has 0 aliphatic rings. The van der Waals surface area contributed by atoms with Gasteiger partial charge in [0.15, 0.2) is 6.61 Å². The van der Waals surface area contributed by atoms with Crippen LogP contribution in [-0.2, 0) is 4.79 Å². The van der Waals surface area contributed by atoms with E-state index in [2.05, 4.69) is 22.3 Å². The van der Waals surface area contributed by atoms with Crippen molar-refractivity contribution in [3.63, 3.8) is 0 Å². The van der Waals surface area contributed by atoms with Gasteiger partial charge < -0.3 is 15.0 Å². The molecule has 2 rings (SSSR count). The molecule has 2 aromatic carbocycles. The monoisotopic (exact) mass is 346 g/mol. The number of carbonyl (C=O) groups is 1. The number of hydrogen-bond donors (Lipinski definition) is 1. The van der Waals surface area contributed by atoms with E-state index >= 15 is 0 Å². The molecule has 1 N–H and O–H groups in total. The molecule has 2 aromatic rings. The zero-order valence-electron chi connectivity index (χ0n) is 14.3. The number of nitrogens with one attached hydrogen (secondary N) is 1. The van der Waals surface area contributed by atoms with Crippen LogP contribution < -0.4 is 10.1 Å². The first-order chi connectivity index (χ1) is 11.5. The number of nitrogens with zero attached hydrogens (tertiary/aromatic N) is 1. The lowest BCUT2D eigenvalue weighted by Gasteiger charge is -2.25. The minimum atomic E-state index is -0.171. The Bertz CT molecular complexity index is 674. The third-order valence-electron chi connectivity index (χ3n) is 3.75. The maximum Gasteiger partial charge on any atom is 0.258 e. The third kappa shape index (κ3) is 5.25. The van der Waals surface area contributed by atoms with Crippen LogP contribution in [0.2, 0.25) is 5.02 Å². The van der Waals surface area contributed by atoms with Crippen molar-refractivity contribution in [1.82, 2.24) is 10.2 Å². The number of aryl methyl sites for hydroxylation is 1. The van der Waals surface area contributed by atoms with Crippen LogP contribution in [0.5, 0.6) is 5.75 Å². The second kappa shape index (κ2) is 8.71. The lowest BCUT2D eigenvalue weighted by Crippen LogP contribution is -2.36. The fourth-order valence-corrected chi connectivity index (χ4v) is 2.57. The summed E-state index contributed by atoms with van der Waals surface area (Å²) >= 11 is 6.07. The molecule has 0 unspecified atom stereocenters. The lowest BCUT2D eigenvalue weighted by atomic mass is 10.1. The highest BCUT2D eigenvalue weighted by atomic mass is 35.5. The van der Waals surface area contributed by atoms with Crippen molar-refractivity contribution < 1.29 is 9.53 Å². The number of likely N-dealkylation sites (N-methyl/N-ethyl adjacent to an activating group) is 1. The molecule has 0 saturated heterocycles. The third-order valence-corrected chi connectivity index (χ3v) is 4.06. The van der Waals surface area contributed by atoms with Crippen LogP contribution in [0.25, 0.3) is 0 Å². The van der Waals surface area contributed by atoms with Gasteiger partial charge in [0.2, 0.25) is 0 Å². The van der Waals surface area contributed by atoms with Crippen molar-refractivity contribution in [2.24, 2.45) is 0 Å². The number of ether oxygens (including phenoxy) is 1. The van der Waals surface area contributed by atoms with Gasteiger partial charge in [-0.25, -0.2) is 0 Å². The van der Waals surface area contributed by atoms with Gasteiger partial charge in [0.05, 0.1) is 11.1 Å². The van der Waals surface area contributed by atoms with Crippen molar-refractivity contribution in [2.75, 3.05) is 27.2 Å². The number of carbonyl (C=O) groups excluding carboxylic acids is 1. The Kier molecular flexibility index (Phi) is 6.64. The molecule has 5 heteroatoms.